The molecule has 0 atom stereocenters. The van der Waals surface area contributed by atoms with Gasteiger partial charge in [-0.15, -0.1) is 11.3 Å². The van der Waals surface area contributed by atoms with Crippen molar-refractivity contribution >= 4 is 28.7 Å². The van der Waals surface area contributed by atoms with E-state index in [2.05, 4.69) is 20.6 Å². The molecule has 0 aliphatic carbocycles. The van der Waals surface area contributed by atoms with Crippen LogP contribution < -0.4 is 5.32 Å². The van der Waals surface area contributed by atoms with Crippen molar-refractivity contribution in [1.82, 2.24) is 10.3 Å². The van der Waals surface area contributed by atoms with Crippen LogP contribution >= 0.6 is 11.3 Å². The predicted molar refractivity (Wildman–Crippen MR) is 103 cm³/mol. The molecule has 156 valence electrons. The summed E-state index contributed by atoms with van der Waals surface area (Å²) in [5, 5.41) is 10.4. The van der Waals surface area contributed by atoms with Gasteiger partial charge in [0.2, 0.25) is 0 Å². The van der Waals surface area contributed by atoms with E-state index in [0.717, 1.165) is 5.56 Å². The van der Waals surface area contributed by atoms with Crippen molar-refractivity contribution < 1.29 is 27.6 Å². The van der Waals surface area contributed by atoms with Gasteiger partial charge in [-0.2, -0.15) is 13.2 Å². The Morgan fingerprint density at radius 1 is 1.31 bits per heavy atom. The number of aryl methyl sites for hydroxylation is 1. The number of rotatable bonds is 7. The van der Waals surface area contributed by atoms with Gasteiger partial charge in [0.25, 0.3) is 5.91 Å². The summed E-state index contributed by atoms with van der Waals surface area (Å²) >= 11 is 0.488. The first-order valence-corrected chi connectivity index (χ1v) is 9.18. The largest absolute Gasteiger partial charge is 0.443 e. The molecular weight excluding hydrogens is 409 g/mol. The van der Waals surface area contributed by atoms with Crippen LogP contribution in [0.25, 0.3) is 0 Å². The zero-order chi connectivity index (χ0) is 21.6. The second kappa shape index (κ2) is 9.50. The highest BCUT2D eigenvalue weighted by Gasteiger charge is 2.34. The third-order valence-corrected chi connectivity index (χ3v) is 4.70. The molecule has 1 amide bonds. The molecule has 0 spiro atoms. The number of thiazole rings is 1. The molecule has 0 bridgehead atoms. The molecule has 0 unspecified atom stereocenters. The van der Waals surface area contributed by atoms with Crippen molar-refractivity contribution in [3.63, 3.8) is 0 Å². The minimum absolute atomic E-state index is 0.0324. The quantitative estimate of drug-likeness (QED) is 0.540. The zero-order valence-corrected chi connectivity index (χ0v) is 16.9. The number of carbonyl (C=O) groups is 1. The fourth-order valence-electron chi connectivity index (χ4n) is 2.35. The summed E-state index contributed by atoms with van der Waals surface area (Å²) in [5.74, 6) is -0.444. The first-order valence-electron chi connectivity index (χ1n) is 8.30. The number of likely N-dealkylation sites (N-methyl/N-ethyl adjacent to an activating group) is 1. The van der Waals surface area contributed by atoms with Crippen molar-refractivity contribution in [3.05, 3.63) is 51.0 Å². The van der Waals surface area contributed by atoms with Crippen LogP contribution in [0.3, 0.4) is 0 Å². The van der Waals surface area contributed by atoms with E-state index in [-0.39, 0.29) is 23.7 Å². The number of hydrogen-bond acceptors (Lipinski definition) is 7. The van der Waals surface area contributed by atoms with Crippen LogP contribution in [0.1, 0.15) is 34.3 Å². The smallest absolute Gasteiger partial charge is 0.398 e. The molecule has 1 heterocycles. The van der Waals surface area contributed by atoms with E-state index in [4.69, 9.17) is 9.68 Å². The minimum atomic E-state index is -4.50. The highest BCUT2D eigenvalue weighted by atomic mass is 32.1. The zero-order valence-electron chi connectivity index (χ0n) is 16.1. The van der Waals surface area contributed by atoms with Crippen molar-refractivity contribution in [2.75, 3.05) is 14.2 Å². The number of hydrogen-bond donors (Lipinski definition) is 1. The van der Waals surface area contributed by atoms with E-state index in [1.165, 1.54) is 26.5 Å². The normalized spacial score (nSPS) is 12.7. The Bertz CT molecular complexity index is 939. The molecule has 0 aliphatic rings. The first kappa shape index (κ1) is 22.3. The Morgan fingerprint density at radius 2 is 2.03 bits per heavy atom. The molecule has 0 radical (unpaired) electrons. The maximum atomic E-state index is 12.7. The molecule has 1 aromatic heterocycles. The fraction of sp³-hybridized carbons (Fsp3) is 0.333. The summed E-state index contributed by atoms with van der Waals surface area (Å²) < 4.78 is 38.0. The Kier molecular flexibility index (Phi) is 7.32. The molecule has 2 aromatic rings. The lowest BCUT2D eigenvalue weighted by Crippen LogP contribution is -2.29. The maximum Gasteiger partial charge on any atom is 0.443 e. The maximum absolute atomic E-state index is 12.7. The van der Waals surface area contributed by atoms with Crippen LogP contribution in [0.2, 0.25) is 0 Å². The third-order valence-electron chi connectivity index (χ3n) is 3.82. The number of aromatic nitrogens is 1. The van der Waals surface area contributed by atoms with Gasteiger partial charge < -0.3 is 15.0 Å². The van der Waals surface area contributed by atoms with Gasteiger partial charge in [0.15, 0.2) is 10.7 Å². The molecule has 0 fully saturated rings. The lowest BCUT2D eigenvalue weighted by Gasteiger charge is -2.12. The van der Waals surface area contributed by atoms with Gasteiger partial charge >= 0.3 is 6.18 Å². The summed E-state index contributed by atoms with van der Waals surface area (Å²) in [6, 6.07) is 5.26. The van der Waals surface area contributed by atoms with Gasteiger partial charge in [-0.3, -0.25) is 4.79 Å². The van der Waals surface area contributed by atoms with Gasteiger partial charge in [-0.1, -0.05) is 28.5 Å². The van der Waals surface area contributed by atoms with E-state index in [9.17, 15) is 18.0 Å². The fourth-order valence-corrected chi connectivity index (χ4v) is 3.08. The summed E-state index contributed by atoms with van der Waals surface area (Å²) in [5.41, 5.74) is 2.29. The van der Waals surface area contributed by atoms with Gasteiger partial charge in [0.05, 0.1) is 5.69 Å². The Hall–Kier alpha value is -2.95. The lowest BCUT2D eigenvalue weighted by atomic mass is 9.98. The molecule has 7 nitrogen and oxygen atoms in total. The van der Waals surface area contributed by atoms with Gasteiger partial charge in [0, 0.05) is 23.6 Å². The first-order chi connectivity index (χ1) is 13.7. The Balaban J connectivity index is 2.24. The third kappa shape index (κ3) is 5.53. The van der Waals surface area contributed by atoms with Crippen LogP contribution in [0.4, 0.5) is 13.2 Å². The topological polar surface area (TPSA) is 85.2 Å². The molecule has 0 aliphatic heterocycles. The van der Waals surface area contributed by atoms with Crippen molar-refractivity contribution in [2.45, 2.75) is 26.6 Å². The van der Waals surface area contributed by atoms with Gasteiger partial charge in [-0.25, -0.2) is 4.98 Å². The predicted octanol–water partition coefficient (Wildman–Crippen LogP) is 3.51. The van der Waals surface area contributed by atoms with E-state index in [1.54, 1.807) is 12.1 Å². The summed E-state index contributed by atoms with van der Waals surface area (Å²) in [6.07, 6.45) is -4.50. The van der Waals surface area contributed by atoms with E-state index < -0.39 is 17.1 Å². The number of carbonyl (C=O) groups excluding carboxylic acids is 1. The van der Waals surface area contributed by atoms with Crippen LogP contribution in [0.15, 0.2) is 33.9 Å². The van der Waals surface area contributed by atoms with Crippen molar-refractivity contribution in [3.8, 4) is 0 Å². The van der Waals surface area contributed by atoms with E-state index >= 15 is 0 Å². The van der Waals surface area contributed by atoms with Crippen molar-refractivity contribution in [2.24, 2.45) is 10.3 Å². The number of nitrogens with one attached hydrogen (secondary N) is 1. The second-order valence-corrected chi connectivity index (χ2v) is 6.65. The van der Waals surface area contributed by atoms with Crippen LogP contribution in [-0.4, -0.2) is 36.5 Å². The lowest BCUT2D eigenvalue weighted by molar-refractivity contribution is -0.137. The summed E-state index contributed by atoms with van der Waals surface area (Å²) in [4.78, 5) is 25.8. The van der Waals surface area contributed by atoms with E-state index in [1.807, 2.05) is 13.0 Å². The van der Waals surface area contributed by atoms with Crippen LogP contribution in [0.5, 0.6) is 0 Å². The average Bonchev–Trinajstić information content (AvgIpc) is 3.17. The molecular formula is C18H19F3N4O3S. The highest BCUT2D eigenvalue weighted by Crippen LogP contribution is 2.31. The number of halogens is 3. The molecule has 0 saturated heterocycles. The molecule has 2 rings (SSSR count). The standard InChI is InChI=1S/C18H19F3N4O3S/c1-10-6-5-7-12(15(25-27-4)16(26)22-3)13(10)8-28-24-11(2)14-9-29-17(23-14)18(19,20)21/h5-7,9H,8H2,1-4H3,(H,22,26)/b24-11+,25-15+. The number of amides is 1. The molecule has 1 aromatic carbocycles. The average molecular weight is 428 g/mol. The number of alkyl halides is 3. The summed E-state index contributed by atoms with van der Waals surface area (Å²) in [7, 11) is 2.79. The Labute approximate surface area is 169 Å². The summed E-state index contributed by atoms with van der Waals surface area (Å²) in [6.45, 7) is 3.29. The molecule has 0 saturated carbocycles. The molecule has 11 heteroatoms. The van der Waals surface area contributed by atoms with Crippen LogP contribution in [-0.2, 0) is 27.3 Å². The van der Waals surface area contributed by atoms with Crippen LogP contribution in [0, 0.1) is 6.92 Å². The number of benzene rings is 1. The number of nitrogens with zero attached hydrogens (tertiary/aromatic N) is 3. The minimum Gasteiger partial charge on any atom is -0.398 e. The molecule has 29 heavy (non-hydrogen) atoms. The molecule has 1 N–H and O–H groups in total. The SMILES string of the molecule is CNC(=O)/C(=N/OC)c1cccc(C)c1CO/N=C(\C)c1csc(C(F)(F)F)n1. The van der Waals surface area contributed by atoms with Crippen molar-refractivity contribution in [1.29, 1.82) is 0 Å². The van der Waals surface area contributed by atoms with E-state index in [0.29, 0.717) is 22.5 Å². The Morgan fingerprint density at radius 3 is 2.62 bits per heavy atom. The van der Waals surface area contributed by atoms with Gasteiger partial charge in [0.1, 0.15) is 19.4 Å². The highest BCUT2D eigenvalue weighted by molar-refractivity contribution is 7.10. The number of oxime groups is 2. The second-order valence-electron chi connectivity index (χ2n) is 5.79. The monoisotopic (exact) mass is 428 g/mol. The van der Waals surface area contributed by atoms with Gasteiger partial charge in [-0.05, 0) is 19.4 Å².